The van der Waals surface area contributed by atoms with Gasteiger partial charge in [0.1, 0.15) is 18.0 Å². The second-order valence-electron chi connectivity index (χ2n) is 6.53. The Morgan fingerprint density at radius 1 is 1.08 bits per heavy atom. The van der Waals surface area contributed by atoms with E-state index in [2.05, 4.69) is 37.4 Å². The molecule has 0 unspecified atom stereocenters. The number of benzene rings is 2. The van der Waals surface area contributed by atoms with Crippen LogP contribution in [0.15, 0.2) is 48.7 Å². The minimum atomic E-state index is -0.112. The summed E-state index contributed by atoms with van der Waals surface area (Å²) in [5, 5.41) is 4.05. The molecule has 0 saturated carbocycles. The lowest BCUT2D eigenvalue weighted by molar-refractivity contribution is -0.116. The summed E-state index contributed by atoms with van der Waals surface area (Å²) in [5.41, 5.74) is 2.96. The number of fused-ring (bicyclic) bond motifs is 1. The van der Waals surface area contributed by atoms with Gasteiger partial charge in [-0.3, -0.25) is 4.79 Å². The van der Waals surface area contributed by atoms with Gasteiger partial charge in [-0.1, -0.05) is 19.9 Å². The van der Waals surface area contributed by atoms with Crippen LogP contribution in [0, 0.1) is 0 Å². The van der Waals surface area contributed by atoms with Crippen LogP contribution < -0.4 is 14.8 Å². The molecule has 0 fully saturated rings. The summed E-state index contributed by atoms with van der Waals surface area (Å²) in [4.78, 5) is 12.5. The second kappa shape index (κ2) is 7.52. The van der Waals surface area contributed by atoms with Gasteiger partial charge in [0, 0.05) is 17.8 Å². The number of amides is 1. The SMILES string of the molecule is COc1ccc(NC(=O)Cn2ccc3cc(C(C)C)ccc32)c(OC)c1. The Morgan fingerprint density at radius 2 is 1.88 bits per heavy atom. The van der Waals surface area contributed by atoms with Crippen LogP contribution in [0.2, 0.25) is 0 Å². The Bertz CT molecular complexity index is 928. The van der Waals surface area contributed by atoms with E-state index in [1.807, 2.05) is 16.8 Å². The Hall–Kier alpha value is -2.95. The number of anilines is 1. The summed E-state index contributed by atoms with van der Waals surface area (Å²) in [5.74, 6) is 1.61. The number of hydrogen-bond donors (Lipinski definition) is 1. The average Bonchev–Trinajstić information content (AvgIpc) is 3.04. The lowest BCUT2D eigenvalue weighted by Crippen LogP contribution is -2.18. The van der Waals surface area contributed by atoms with Crippen LogP contribution >= 0.6 is 0 Å². The standard InChI is InChI=1S/C21H24N2O3/c1-14(2)15-5-8-19-16(11-15)9-10-23(19)13-21(24)22-18-7-6-17(25-3)12-20(18)26-4/h5-12,14H,13H2,1-4H3,(H,22,24). The molecule has 5 nitrogen and oxygen atoms in total. The number of rotatable bonds is 6. The Morgan fingerprint density at radius 3 is 2.58 bits per heavy atom. The third kappa shape index (κ3) is 3.67. The molecule has 1 heterocycles. The average molecular weight is 352 g/mol. The molecular formula is C21H24N2O3. The van der Waals surface area contributed by atoms with Crippen molar-refractivity contribution in [1.29, 1.82) is 0 Å². The third-order valence-corrected chi connectivity index (χ3v) is 4.46. The number of aromatic nitrogens is 1. The van der Waals surface area contributed by atoms with Gasteiger partial charge in [-0.05, 0) is 47.2 Å². The molecule has 0 aliphatic carbocycles. The fourth-order valence-corrected chi connectivity index (χ4v) is 2.96. The van der Waals surface area contributed by atoms with Gasteiger partial charge in [0.25, 0.3) is 0 Å². The first-order chi connectivity index (χ1) is 12.5. The molecule has 3 aromatic rings. The highest BCUT2D eigenvalue weighted by Crippen LogP contribution is 2.29. The lowest BCUT2D eigenvalue weighted by Gasteiger charge is -2.12. The van der Waals surface area contributed by atoms with E-state index in [0.717, 1.165) is 10.9 Å². The molecule has 1 amide bonds. The summed E-state index contributed by atoms with van der Waals surface area (Å²) < 4.78 is 12.5. The summed E-state index contributed by atoms with van der Waals surface area (Å²) in [6, 6.07) is 13.7. The van der Waals surface area contributed by atoms with Crippen LogP contribution in [0.1, 0.15) is 25.3 Å². The van der Waals surface area contributed by atoms with Crippen LogP contribution in [0.25, 0.3) is 10.9 Å². The lowest BCUT2D eigenvalue weighted by atomic mass is 10.0. The van der Waals surface area contributed by atoms with Crippen molar-refractivity contribution in [3.8, 4) is 11.5 Å². The smallest absolute Gasteiger partial charge is 0.244 e. The van der Waals surface area contributed by atoms with Crippen molar-refractivity contribution in [1.82, 2.24) is 4.57 Å². The predicted octanol–water partition coefficient (Wildman–Crippen LogP) is 4.42. The fourth-order valence-electron chi connectivity index (χ4n) is 2.96. The van der Waals surface area contributed by atoms with Gasteiger partial charge in [-0.2, -0.15) is 0 Å². The van der Waals surface area contributed by atoms with Crippen molar-refractivity contribution in [2.24, 2.45) is 0 Å². The van der Waals surface area contributed by atoms with Crippen molar-refractivity contribution in [3.05, 3.63) is 54.2 Å². The number of ether oxygens (including phenoxy) is 2. The maximum absolute atomic E-state index is 12.5. The molecule has 1 aromatic heterocycles. The van der Waals surface area contributed by atoms with Crippen molar-refractivity contribution >= 4 is 22.5 Å². The Kier molecular flexibility index (Phi) is 5.16. The molecule has 3 rings (SSSR count). The van der Waals surface area contributed by atoms with Crippen molar-refractivity contribution in [2.75, 3.05) is 19.5 Å². The van der Waals surface area contributed by atoms with Crippen molar-refractivity contribution in [2.45, 2.75) is 26.3 Å². The van der Waals surface area contributed by atoms with Gasteiger partial charge in [-0.15, -0.1) is 0 Å². The zero-order valence-electron chi connectivity index (χ0n) is 15.6. The van der Waals surface area contributed by atoms with Crippen LogP contribution in [0.3, 0.4) is 0 Å². The predicted molar refractivity (Wildman–Crippen MR) is 104 cm³/mol. The minimum Gasteiger partial charge on any atom is -0.497 e. The number of carbonyl (C=O) groups excluding carboxylic acids is 1. The maximum atomic E-state index is 12.5. The first-order valence-corrected chi connectivity index (χ1v) is 8.62. The van der Waals surface area contributed by atoms with E-state index >= 15 is 0 Å². The van der Waals surface area contributed by atoms with Crippen molar-refractivity contribution in [3.63, 3.8) is 0 Å². The number of methoxy groups -OCH3 is 2. The van der Waals surface area contributed by atoms with Gasteiger partial charge in [0.15, 0.2) is 0 Å². The minimum absolute atomic E-state index is 0.112. The van der Waals surface area contributed by atoms with Crippen LogP contribution in [0.5, 0.6) is 11.5 Å². The molecule has 5 heteroatoms. The first kappa shape index (κ1) is 17.9. The summed E-state index contributed by atoms with van der Waals surface area (Å²) in [7, 11) is 3.16. The molecule has 26 heavy (non-hydrogen) atoms. The van der Waals surface area contributed by atoms with E-state index in [9.17, 15) is 4.79 Å². The highest BCUT2D eigenvalue weighted by Gasteiger charge is 2.11. The largest absolute Gasteiger partial charge is 0.497 e. The van der Waals surface area contributed by atoms with E-state index in [1.54, 1.807) is 32.4 Å². The maximum Gasteiger partial charge on any atom is 0.244 e. The quantitative estimate of drug-likeness (QED) is 0.714. The monoisotopic (exact) mass is 352 g/mol. The zero-order chi connectivity index (χ0) is 18.7. The molecular weight excluding hydrogens is 328 g/mol. The molecule has 2 aromatic carbocycles. The molecule has 0 radical (unpaired) electrons. The molecule has 0 bridgehead atoms. The molecule has 136 valence electrons. The van der Waals surface area contributed by atoms with E-state index in [0.29, 0.717) is 23.1 Å². The van der Waals surface area contributed by atoms with Gasteiger partial charge in [-0.25, -0.2) is 0 Å². The van der Waals surface area contributed by atoms with E-state index in [-0.39, 0.29) is 12.5 Å². The summed E-state index contributed by atoms with van der Waals surface area (Å²) >= 11 is 0. The second-order valence-corrected chi connectivity index (χ2v) is 6.53. The van der Waals surface area contributed by atoms with Gasteiger partial charge < -0.3 is 19.4 Å². The summed E-state index contributed by atoms with van der Waals surface area (Å²) in [6.07, 6.45) is 1.94. The van der Waals surface area contributed by atoms with Crippen LogP contribution in [-0.2, 0) is 11.3 Å². The van der Waals surface area contributed by atoms with E-state index in [4.69, 9.17) is 9.47 Å². The normalized spacial score (nSPS) is 11.0. The third-order valence-electron chi connectivity index (χ3n) is 4.46. The number of carbonyl (C=O) groups is 1. The van der Waals surface area contributed by atoms with Crippen molar-refractivity contribution < 1.29 is 14.3 Å². The highest BCUT2D eigenvalue weighted by atomic mass is 16.5. The van der Waals surface area contributed by atoms with Crippen LogP contribution in [-0.4, -0.2) is 24.7 Å². The molecule has 1 N–H and O–H groups in total. The summed E-state index contributed by atoms with van der Waals surface area (Å²) in [6.45, 7) is 4.58. The Labute approximate surface area is 153 Å². The highest BCUT2D eigenvalue weighted by molar-refractivity contribution is 5.93. The Balaban J connectivity index is 1.77. The molecule has 0 aliphatic heterocycles. The fraction of sp³-hybridized carbons (Fsp3) is 0.286. The topological polar surface area (TPSA) is 52.5 Å². The molecule has 0 saturated heterocycles. The molecule has 0 spiro atoms. The number of nitrogens with zero attached hydrogens (tertiary/aromatic N) is 1. The number of hydrogen-bond acceptors (Lipinski definition) is 3. The molecule has 0 atom stereocenters. The van der Waals surface area contributed by atoms with Gasteiger partial charge in [0.2, 0.25) is 5.91 Å². The van der Waals surface area contributed by atoms with E-state index < -0.39 is 0 Å². The number of nitrogens with one attached hydrogen (secondary N) is 1. The first-order valence-electron chi connectivity index (χ1n) is 8.62. The zero-order valence-corrected chi connectivity index (χ0v) is 15.6. The molecule has 0 aliphatic rings. The van der Waals surface area contributed by atoms with E-state index in [1.165, 1.54) is 5.56 Å². The van der Waals surface area contributed by atoms with Gasteiger partial charge >= 0.3 is 0 Å². The van der Waals surface area contributed by atoms with Crippen LogP contribution in [0.4, 0.5) is 5.69 Å². The van der Waals surface area contributed by atoms with Gasteiger partial charge in [0.05, 0.1) is 19.9 Å².